The standard InChI is InChI=1S/C9H15ClFN4O13P3/c10-9(3-11)6(16)4(26-7(9)15-8(17)14-5(12)1-13-15)2-25-30(21,22)28-31(23,24)27-29(18,19)20/h1,4,6-7,16H,2-3H2,(H,21,22)(H,23,24)(H2,12,14,17)(H2,18,19,20)/t4-,6+,7-,9?/m1/s1. The molecule has 0 amide bonds. The maximum Gasteiger partial charge on any atom is 0.490 e. The molecule has 3 unspecified atom stereocenters. The third-order valence-corrected chi connectivity index (χ3v) is 7.85. The molecule has 31 heavy (non-hydrogen) atoms. The van der Waals surface area contributed by atoms with E-state index < -0.39 is 65.7 Å². The van der Waals surface area contributed by atoms with Crippen LogP contribution in [-0.4, -0.2) is 69.8 Å². The van der Waals surface area contributed by atoms with Crippen LogP contribution < -0.4 is 11.4 Å². The van der Waals surface area contributed by atoms with Crippen molar-refractivity contribution in [1.29, 1.82) is 0 Å². The van der Waals surface area contributed by atoms with Crippen LogP contribution in [0.25, 0.3) is 0 Å². The fraction of sp³-hybridized carbons (Fsp3) is 0.667. The van der Waals surface area contributed by atoms with Gasteiger partial charge in [-0.25, -0.2) is 22.9 Å². The molecule has 1 aromatic rings. The molecule has 2 heterocycles. The number of aromatic nitrogens is 3. The molecule has 0 bridgehead atoms. The maximum absolute atomic E-state index is 13.6. The highest BCUT2D eigenvalue weighted by atomic mass is 35.5. The van der Waals surface area contributed by atoms with Crippen molar-refractivity contribution >= 4 is 40.9 Å². The Morgan fingerprint density at radius 1 is 1.26 bits per heavy atom. The average Bonchev–Trinajstić information content (AvgIpc) is 2.82. The van der Waals surface area contributed by atoms with E-state index in [1.807, 2.05) is 0 Å². The highest BCUT2D eigenvalue weighted by Gasteiger charge is 2.58. The van der Waals surface area contributed by atoms with Crippen molar-refractivity contribution in [2.45, 2.75) is 23.3 Å². The normalized spacial score (nSPS) is 30.6. The second kappa shape index (κ2) is 9.19. The molecule has 17 nitrogen and oxygen atoms in total. The van der Waals surface area contributed by atoms with Gasteiger partial charge in [-0.2, -0.15) is 23.4 Å². The molecule has 0 saturated carbocycles. The third kappa shape index (κ3) is 6.58. The fourth-order valence-electron chi connectivity index (χ4n) is 2.34. The Morgan fingerprint density at radius 2 is 1.87 bits per heavy atom. The predicted molar refractivity (Wildman–Crippen MR) is 95.0 cm³/mol. The third-order valence-electron chi connectivity index (χ3n) is 3.54. The van der Waals surface area contributed by atoms with Gasteiger partial charge in [0, 0.05) is 0 Å². The zero-order chi connectivity index (χ0) is 23.8. The minimum absolute atomic E-state index is 0.288. The molecule has 1 fully saturated rings. The molecule has 1 aliphatic heterocycles. The first-order chi connectivity index (χ1) is 14.0. The maximum atomic E-state index is 13.6. The molecule has 0 radical (unpaired) electrons. The van der Waals surface area contributed by atoms with Crippen LogP contribution >= 0.6 is 35.1 Å². The van der Waals surface area contributed by atoms with Gasteiger partial charge in [-0.3, -0.25) is 4.52 Å². The van der Waals surface area contributed by atoms with Gasteiger partial charge in [0.05, 0.1) is 12.8 Å². The Morgan fingerprint density at radius 3 is 2.39 bits per heavy atom. The van der Waals surface area contributed by atoms with E-state index in [4.69, 9.17) is 36.8 Å². The first kappa shape index (κ1) is 26.4. The zero-order valence-electron chi connectivity index (χ0n) is 14.7. The lowest BCUT2D eigenvalue weighted by Gasteiger charge is -2.26. The molecular weight excluding hydrogens is 519 g/mol. The quantitative estimate of drug-likeness (QED) is 0.160. The fourth-order valence-corrected chi connectivity index (χ4v) is 5.65. The van der Waals surface area contributed by atoms with Gasteiger partial charge in [-0.15, -0.1) is 11.6 Å². The molecule has 7 N–H and O–H groups in total. The van der Waals surface area contributed by atoms with Crippen LogP contribution in [0.1, 0.15) is 6.23 Å². The predicted octanol–water partition coefficient (Wildman–Crippen LogP) is -1.23. The number of nitrogen functional groups attached to an aromatic ring is 1. The van der Waals surface area contributed by atoms with Crippen molar-refractivity contribution in [2.75, 3.05) is 19.0 Å². The van der Waals surface area contributed by atoms with Gasteiger partial charge in [-0.05, 0) is 0 Å². The van der Waals surface area contributed by atoms with Crippen molar-refractivity contribution in [3.05, 3.63) is 16.7 Å². The van der Waals surface area contributed by atoms with Crippen molar-refractivity contribution in [1.82, 2.24) is 14.8 Å². The zero-order valence-corrected chi connectivity index (χ0v) is 18.2. The van der Waals surface area contributed by atoms with Crippen molar-refractivity contribution in [2.24, 2.45) is 0 Å². The Kier molecular flexibility index (Phi) is 7.83. The Hall–Kier alpha value is -0.840. The SMILES string of the molecule is Nc1cnn([C@@H]2O[C@H](COP(=O)(O)OP(=O)(O)OP(=O)(O)O)[C@H](O)C2(Cl)CF)c(=O)n1. The second-order valence-corrected chi connectivity index (χ2v) is 11.0. The Labute approximate surface area is 175 Å². The van der Waals surface area contributed by atoms with Gasteiger partial charge < -0.3 is 35.2 Å². The molecule has 0 spiro atoms. The number of aliphatic hydroxyl groups excluding tert-OH is 1. The summed E-state index contributed by atoms with van der Waals surface area (Å²) in [6.07, 6.45) is -4.63. The number of rotatable bonds is 9. The molecule has 2 rings (SSSR count). The van der Waals surface area contributed by atoms with E-state index in [0.717, 1.165) is 6.20 Å². The Balaban J connectivity index is 2.17. The number of nitrogens with two attached hydrogens (primary N) is 1. The summed E-state index contributed by atoms with van der Waals surface area (Å²) >= 11 is 6.02. The van der Waals surface area contributed by atoms with Crippen LogP contribution in [-0.2, 0) is 31.6 Å². The van der Waals surface area contributed by atoms with Crippen molar-refractivity contribution in [3.8, 4) is 0 Å². The molecule has 22 heteroatoms. The first-order valence-electron chi connectivity index (χ1n) is 7.58. The number of phosphoric acid groups is 3. The summed E-state index contributed by atoms with van der Waals surface area (Å²) in [5.41, 5.74) is 4.15. The van der Waals surface area contributed by atoms with E-state index >= 15 is 0 Å². The Bertz CT molecular complexity index is 1020. The van der Waals surface area contributed by atoms with E-state index in [0.29, 0.717) is 4.68 Å². The van der Waals surface area contributed by atoms with Crippen LogP contribution in [0.5, 0.6) is 0 Å². The first-order valence-corrected chi connectivity index (χ1v) is 12.5. The van der Waals surface area contributed by atoms with Crippen LogP contribution in [0.4, 0.5) is 10.2 Å². The summed E-state index contributed by atoms with van der Waals surface area (Å²) in [5.74, 6) is -0.288. The van der Waals surface area contributed by atoms with Gasteiger partial charge >= 0.3 is 29.2 Å². The second-order valence-electron chi connectivity index (χ2n) is 5.83. The molecular formula is C9H15ClFN4O13P3. The summed E-state index contributed by atoms with van der Waals surface area (Å²) < 4.78 is 64.2. The van der Waals surface area contributed by atoms with Crippen LogP contribution in [0.15, 0.2) is 11.0 Å². The van der Waals surface area contributed by atoms with E-state index in [1.54, 1.807) is 0 Å². The average molecular weight is 535 g/mol. The largest absolute Gasteiger partial charge is 0.490 e. The number of anilines is 1. The van der Waals surface area contributed by atoms with Gasteiger partial charge in [0.2, 0.25) is 0 Å². The molecule has 1 saturated heterocycles. The highest BCUT2D eigenvalue weighted by Crippen LogP contribution is 2.66. The smallest absolute Gasteiger partial charge is 0.388 e. The monoisotopic (exact) mass is 534 g/mol. The topological polar surface area (TPSA) is 263 Å². The van der Waals surface area contributed by atoms with Crippen LogP contribution in [0, 0.1) is 0 Å². The van der Waals surface area contributed by atoms with Crippen molar-refractivity contribution < 1.29 is 60.6 Å². The van der Waals surface area contributed by atoms with Gasteiger partial charge in [0.25, 0.3) is 0 Å². The number of phosphoric ester groups is 1. The minimum Gasteiger partial charge on any atom is -0.388 e. The van der Waals surface area contributed by atoms with Crippen LogP contribution in [0.2, 0.25) is 0 Å². The summed E-state index contributed by atoms with van der Waals surface area (Å²) in [6, 6.07) is 0. The lowest BCUT2D eigenvalue weighted by atomic mass is 10.0. The molecule has 6 atom stereocenters. The minimum atomic E-state index is -5.78. The molecule has 178 valence electrons. The van der Waals surface area contributed by atoms with Crippen molar-refractivity contribution in [3.63, 3.8) is 0 Å². The van der Waals surface area contributed by atoms with E-state index in [9.17, 15) is 32.9 Å². The van der Waals surface area contributed by atoms with Gasteiger partial charge in [-0.1, -0.05) is 0 Å². The molecule has 0 aliphatic carbocycles. The number of nitrogens with zero attached hydrogens (tertiary/aromatic N) is 3. The summed E-state index contributed by atoms with van der Waals surface area (Å²) in [4.78, 5) is 48.4. The van der Waals surface area contributed by atoms with Gasteiger partial charge in [0.15, 0.2) is 6.23 Å². The molecule has 1 aromatic heterocycles. The molecule has 1 aliphatic rings. The number of aliphatic hydroxyl groups is 1. The number of ether oxygens (including phenoxy) is 1. The summed E-state index contributed by atoms with van der Waals surface area (Å²) in [5, 5.41) is 13.8. The lowest BCUT2D eigenvalue weighted by Crippen LogP contribution is -2.47. The van der Waals surface area contributed by atoms with Crippen LogP contribution in [0.3, 0.4) is 0 Å². The summed E-state index contributed by atoms with van der Waals surface area (Å²) in [7, 11) is -16.9. The lowest BCUT2D eigenvalue weighted by molar-refractivity contribution is -0.0518. The highest BCUT2D eigenvalue weighted by molar-refractivity contribution is 7.66. The van der Waals surface area contributed by atoms with E-state index in [2.05, 4.69) is 23.2 Å². The summed E-state index contributed by atoms with van der Waals surface area (Å²) in [6.45, 7) is -2.64. The molecule has 0 aromatic carbocycles. The number of hydrogen-bond donors (Lipinski definition) is 6. The number of alkyl halides is 2. The van der Waals surface area contributed by atoms with Gasteiger partial charge in [0.1, 0.15) is 29.6 Å². The van der Waals surface area contributed by atoms with E-state index in [-0.39, 0.29) is 5.82 Å². The van der Waals surface area contributed by atoms with E-state index in [1.165, 1.54) is 0 Å². The number of halogens is 2. The number of hydrogen-bond acceptors (Lipinski definition) is 12.